The molecule has 4 nitrogen and oxygen atoms in total. The fourth-order valence-corrected chi connectivity index (χ4v) is 3.28. The van der Waals surface area contributed by atoms with Crippen LogP contribution >= 0.6 is 11.3 Å². The summed E-state index contributed by atoms with van der Waals surface area (Å²) in [5, 5.41) is 14.1. The molecule has 0 amide bonds. The lowest BCUT2D eigenvalue weighted by molar-refractivity contribution is -0.384. The van der Waals surface area contributed by atoms with Crippen molar-refractivity contribution in [3.8, 4) is 10.4 Å². The van der Waals surface area contributed by atoms with E-state index in [1.54, 1.807) is 35.6 Å². The van der Waals surface area contributed by atoms with E-state index in [-0.39, 0.29) is 10.6 Å². The molecule has 0 aliphatic heterocycles. The van der Waals surface area contributed by atoms with Crippen LogP contribution in [0.1, 0.15) is 10.4 Å². The minimum atomic E-state index is -0.378. The first kappa shape index (κ1) is 15.4. The lowest BCUT2D eigenvalue weighted by atomic mass is 10.2. The van der Waals surface area contributed by atoms with Crippen LogP contribution in [0.15, 0.2) is 66.7 Å². The summed E-state index contributed by atoms with van der Waals surface area (Å²) in [6.45, 7) is 1.65. The maximum atomic E-state index is 10.7. The molecule has 0 aliphatic carbocycles. The van der Waals surface area contributed by atoms with Crippen molar-refractivity contribution in [1.82, 2.24) is 5.32 Å². The summed E-state index contributed by atoms with van der Waals surface area (Å²) in [7, 11) is 0. The summed E-state index contributed by atoms with van der Waals surface area (Å²) in [4.78, 5) is 12.7. The summed E-state index contributed by atoms with van der Waals surface area (Å²) in [6.07, 6.45) is 0. The van der Waals surface area contributed by atoms with Gasteiger partial charge in [0, 0.05) is 35.0 Å². The van der Waals surface area contributed by atoms with Gasteiger partial charge in [0.2, 0.25) is 0 Å². The molecule has 5 heteroatoms. The molecule has 1 N–H and O–H groups in total. The maximum absolute atomic E-state index is 10.7. The third-order valence-electron chi connectivity index (χ3n) is 3.50. The standard InChI is InChI=1S/C18H16N2O2S/c21-20(22)16-8-6-15(7-9-16)18-11-10-17(23-18)13-19-12-14-4-2-1-3-5-14/h1-11,19H,12-13H2. The van der Waals surface area contributed by atoms with Gasteiger partial charge < -0.3 is 5.32 Å². The number of thiophene rings is 1. The number of hydrogen-bond acceptors (Lipinski definition) is 4. The molecule has 116 valence electrons. The van der Waals surface area contributed by atoms with Crippen LogP contribution in [-0.4, -0.2) is 4.92 Å². The first-order chi connectivity index (χ1) is 11.2. The third-order valence-corrected chi connectivity index (χ3v) is 4.63. The minimum absolute atomic E-state index is 0.120. The minimum Gasteiger partial charge on any atom is -0.308 e. The Morgan fingerprint density at radius 1 is 0.913 bits per heavy atom. The van der Waals surface area contributed by atoms with E-state index >= 15 is 0 Å². The number of nitrogens with zero attached hydrogens (tertiary/aromatic N) is 1. The molecule has 0 saturated heterocycles. The van der Waals surface area contributed by atoms with Gasteiger partial charge in [0.05, 0.1) is 4.92 Å². The Bertz CT molecular complexity index is 782. The zero-order valence-corrected chi connectivity index (χ0v) is 13.3. The maximum Gasteiger partial charge on any atom is 0.269 e. The van der Waals surface area contributed by atoms with Crippen molar-refractivity contribution in [3.05, 3.63) is 87.3 Å². The highest BCUT2D eigenvalue weighted by atomic mass is 32.1. The Kier molecular flexibility index (Phi) is 4.80. The number of hydrogen-bond donors (Lipinski definition) is 1. The highest BCUT2D eigenvalue weighted by Gasteiger charge is 2.07. The molecule has 0 atom stereocenters. The highest BCUT2D eigenvalue weighted by Crippen LogP contribution is 2.29. The van der Waals surface area contributed by atoms with Crippen molar-refractivity contribution in [2.24, 2.45) is 0 Å². The van der Waals surface area contributed by atoms with Crippen molar-refractivity contribution in [3.63, 3.8) is 0 Å². The van der Waals surface area contributed by atoms with Crippen molar-refractivity contribution in [2.45, 2.75) is 13.1 Å². The summed E-state index contributed by atoms with van der Waals surface area (Å²) >= 11 is 1.70. The zero-order chi connectivity index (χ0) is 16.1. The summed E-state index contributed by atoms with van der Waals surface area (Å²) in [5.74, 6) is 0. The molecular formula is C18H16N2O2S. The molecule has 0 bridgehead atoms. The molecule has 0 spiro atoms. The number of nitrogens with one attached hydrogen (secondary N) is 1. The fraction of sp³-hybridized carbons (Fsp3) is 0.111. The van der Waals surface area contributed by atoms with E-state index < -0.39 is 0 Å². The van der Waals surface area contributed by atoms with Crippen LogP contribution in [0.25, 0.3) is 10.4 Å². The Morgan fingerprint density at radius 2 is 1.65 bits per heavy atom. The Labute approximate surface area is 138 Å². The van der Waals surface area contributed by atoms with Gasteiger partial charge in [-0.3, -0.25) is 10.1 Å². The van der Waals surface area contributed by atoms with Crippen molar-refractivity contribution in [1.29, 1.82) is 0 Å². The van der Waals surface area contributed by atoms with E-state index in [4.69, 9.17) is 0 Å². The molecule has 0 fully saturated rings. The van der Waals surface area contributed by atoms with E-state index in [1.807, 2.05) is 18.2 Å². The summed E-state index contributed by atoms with van der Waals surface area (Å²) < 4.78 is 0. The van der Waals surface area contributed by atoms with Gasteiger partial charge in [-0.2, -0.15) is 0 Å². The molecule has 0 unspecified atom stereocenters. The fourth-order valence-electron chi connectivity index (χ4n) is 2.30. The number of nitro groups is 1. The van der Waals surface area contributed by atoms with Crippen molar-refractivity contribution < 1.29 is 4.92 Å². The normalized spacial score (nSPS) is 10.6. The monoisotopic (exact) mass is 324 g/mol. The number of nitro benzene ring substituents is 1. The van der Waals surface area contributed by atoms with Gasteiger partial charge in [0.25, 0.3) is 5.69 Å². The second kappa shape index (κ2) is 7.17. The SMILES string of the molecule is O=[N+]([O-])c1ccc(-c2ccc(CNCc3ccccc3)s2)cc1. The van der Waals surface area contributed by atoms with Crippen molar-refractivity contribution in [2.75, 3.05) is 0 Å². The molecule has 0 radical (unpaired) electrons. The van der Waals surface area contributed by atoms with E-state index in [0.717, 1.165) is 23.5 Å². The van der Waals surface area contributed by atoms with Crippen LogP contribution < -0.4 is 5.32 Å². The Hall–Kier alpha value is -2.50. The predicted octanol–water partition coefficient (Wildman–Crippen LogP) is 4.61. The molecule has 1 aromatic heterocycles. The number of rotatable bonds is 6. The van der Waals surface area contributed by atoms with Crippen LogP contribution in [0.2, 0.25) is 0 Å². The van der Waals surface area contributed by atoms with Crippen LogP contribution in [0.3, 0.4) is 0 Å². The Morgan fingerprint density at radius 3 is 2.35 bits per heavy atom. The lowest BCUT2D eigenvalue weighted by Crippen LogP contribution is -2.11. The van der Waals surface area contributed by atoms with E-state index in [1.165, 1.54) is 10.4 Å². The quantitative estimate of drug-likeness (QED) is 0.532. The van der Waals surface area contributed by atoms with Gasteiger partial charge in [-0.15, -0.1) is 11.3 Å². The van der Waals surface area contributed by atoms with Crippen LogP contribution in [0.5, 0.6) is 0 Å². The molecular weight excluding hydrogens is 308 g/mol. The van der Waals surface area contributed by atoms with Gasteiger partial charge >= 0.3 is 0 Å². The van der Waals surface area contributed by atoms with Crippen molar-refractivity contribution >= 4 is 17.0 Å². The van der Waals surface area contributed by atoms with Crippen LogP contribution in [-0.2, 0) is 13.1 Å². The molecule has 3 rings (SSSR count). The van der Waals surface area contributed by atoms with Gasteiger partial charge in [-0.1, -0.05) is 30.3 Å². The number of non-ortho nitro benzene ring substituents is 1. The van der Waals surface area contributed by atoms with E-state index in [0.29, 0.717) is 0 Å². The van der Waals surface area contributed by atoms with Gasteiger partial charge in [-0.05, 0) is 35.4 Å². The average Bonchev–Trinajstić information content (AvgIpc) is 3.05. The Balaban J connectivity index is 1.60. The smallest absolute Gasteiger partial charge is 0.269 e. The second-order valence-corrected chi connectivity index (χ2v) is 6.33. The number of benzene rings is 2. The van der Waals surface area contributed by atoms with Crippen LogP contribution in [0, 0.1) is 10.1 Å². The highest BCUT2D eigenvalue weighted by molar-refractivity contribution is 7.15. The summed E-state index contributed by atoms with van der Waals surface area (Å²) in [6, 6.07) is 21.1. The zero-order valence-electron chi connectivity index (χ0n) is 12.4. The first-order valence-corrected chi connectivity index (χ1v) is 8.12. The van der Waals surface area contributed by atoms with Gasteiger partial charge in [0.15, 0.2) is 0 Å². The molecule has 23 heavy (non-hydrogen) atoms. The molecule has 1 heterocycles. The topological polar surface area (TPSA) is 55.2 Å². The second-order valence-electron chi connectivity index (χ2n) is 5.16. The third kappa shape index (κ3) is 4.03. The molecule has 2 aromatic carbocycles. The van der Waals surface area contributed by atoms with Gasteiger partial charge in [0.1, 0.15) is 0 Å². The molecule has 0 aliphatic rings. The van der Waals surface area contributed by atoms with Gasteiger partial charge in [-0.25, -0.2) is 0 Å². The molecule has 3 aromatic rings. The lowest BCUT2D eigenvalue weighted by Gasteiger charge is -2.03. The van der Waals surface area contributed by atoms with Crippen LogP contribution in [0.4, 0.5) is 5.69 Å². The summed E-state index contributed by atoms with van der Waals surface area (Å²) in [5.41, 5.74) is 2.39. The molecule has 0 saturated carbocycles. The average molecular weight is 324 g/mol. The predicted molar refractivity (Wildman–Crippen MR) is 93.4 cm³/mol. The largest absolute Gasteiger partial charge is 0.308 e. The van der Waals surface area contributed by atoms with E-state index in [9.17, 15) is 10.1 Å². The van der Waals surface area contributed by atoms with E-state index in [2.05, 4.69) is 29.6 Å². The first-order valence-electron chi connectivity index (χ1n) is 7.30.